The number of hydrogen-bond donors (Lipinski definition) is 1. The van der Waals surface area contributed by atoms with E-state index in [0.29, 0.717) is 11.5 Å². The highest BCUT2D eigenvalue weighted by Crippen LogP contribution is 2.37. The van der Waals surface area contributed by atoms with Gasteiger partial charge in [-0.1, -0.05) is 49.5 Å². The van der Waals surface area contributed by atoms with Crippen LogP contribution in [0, 0.1) is 5.92 Å². The minimum absolute atomic E-state index is 0.0633. The van der Waals surface area contributed by atoms with Gasteiger partial charge in [0.15, 0.2) is 0 Å². The van der Waals surface area contributed by atoms with Crippen LogP contribution in [0.5, 0.6) is 0 Å². The van der Waals surface area contributed by atoms with Crippen LogP contribution in [0.1, 0.15) is 50.8 Å². The van der Waals surface area contributed by atoms with Crippen LogP contribution in [-0.4, -0.2) is 6.54 Å². The lowest BCUT2D eigenvalue weighted by atomic mass is 9.88. The first-order chi connectivity index (χ1) is 9.35. The molecular formula is C15H21BrF3N. The minimum Gasteiger partial charge on any atom is -0.310 e. The molecule has 0 aliphatic heterocycles. The van der Waals surface area contributed by atoms with Crippen LogP contribution in [0.2, 0.25) is 0 Å². The minimum atomic E-state index is -4.31. The summed E-state index contributed by atoms with van der Waals surface area (Å²) in [7, 11) is 0. The molecule has 1 aromatic rings. The summed E-state index contributed by atoms with van der Waals surface area (Å²) >= 11 is 3.39. The van der Waals surface area contributed by atoms with Crippen molar-refractivity contribution in [2.45, 2.75) is 45.8 Å². The largest absolute Gasteiger partial charge is 0.416 e. The molecule has 1 unspecified atom stereocenters. The summed E-state index contributed by atoms with van der Waals surface area (Å²) in [6, 6.07) is 3.80. The van der Waals surface area contributed by atoms with Gasteiger partial charge in [-0.2, -0.15) is 13.2 Å². The molecule has 1 N–H and O–H groups in total. The van der Waals surface area contributed by atoms with Crippen molar-refractivity contribution in [1.29, 1.82) is 0 Å². The van der Waals surface area contributed by atoms with E-state index in [4.69, 9.17) is 0 Å². The summed E-state index contributed by atoms with van der Waals surface area (Å²) in [5, 5.41) is 3.32. The second kappa shape index (κ2) is 7.46. The van der Waals surface area contributed by atoms with Gasteiger partial charge >= 0.3 is 6.18 Å². The Labute approximate surface area is 127 Å². The molecule has 0 fully saturated rings. The van der Waals surface area contributed by atoms with Gasteiger partial charge in [0.2, 0.25) is 0 Å². The molecule has 0 saturated heterocycles. The number of rotatable bonds is 6. The SMILES string of the molecule is CCNC(c1cc(C(F)(F)F)ccc1Br)C(CC)CC. The van der Waals surface area contributed by atoms with Gasteiger partial charge in [0, 0.05) is 10.5 Å². The maximum absolute atomic E-state index is 12.9. The fourth-order valence-corrected chi connectivity index (χ4v) is 2.96. The molecule has 0 aromatic heterocycles. The summed E-state index contributed by atoms with van der Waals surface area (Å²) in [6.45, 7) is 6.83. The highest BCUT2D eigenvalue weighted by atomic mass is 79.9. The molecule has 1 atom stereocenters. The molecule has 1 aromatic carbocycles. The highest BCUT2D eigenvalue weighted by molar-refractivity contribution is 9.10. The van der Waals surface area contributed by atoms with Crippen LogP contribution in [0.4, 0.5) is 13.2 Å². The number of benzene rings is 1. The zero-order valence-electron chi connectivity index (χ0n) is 12.0. The molecule has 0 aliphatic carbocycles. The van der Waals surface area contributed by atoms with Crippen molar-refractivity contribution in [3.8, 4) is 0 Å². The van der Waals surface area contributed by atoms with Gasteiger partial charge in [0.1, 0.15) is 0 Å². The Morgan fingerprint density at radius 1 is 1.15 bits per heavy atom. The van der Waals surface area contributed by atoms with Gasteiger partial charge in [-0.3, -0.25) is 0 Å². The van der Waals surface area contributed by atoms with Gasteiger partial charge in [-0.15, -0.1) is 0 Å². The Balaban J connectivity index is 3.24. The molecule has 0 aliphatic rings. The molecule has 1 rings (SSSR count). The first kappa shape index (κ1) is 17.5. The lowest BCUT2D eigenvalue weighted by Crippen LogP contribution is -2.28. The number of halogens is 4. The summed E-state index contributed by atoms with van der Waals surface area (Å²) in [5.74, 6) is 0.315. The second-order valence-corrected chi connectivity index (χ2v) is 5.70. The molecule has 0 amide bonds. The zero-order chi connectivity index (χ0) is 15.3. The Kier molecular flexibility index (Phi) is 6.52. The van der Waals surface area contributed by atoms with E-state index in [0.717, 1.165) is 29.9 Å². The normalized spacial score (nSPS) is 13.8. The molecule has 20 heavy (non-hydrogen) atoms. The Morgan fingerprint density at radius 2 is 1.75 bits per heavy atom. The summed E-state index contributed by atoms with van der Waals surface area (Å²) in [6.07, 6.45) is -2.45. The van der Waals surface area contributed by atoms with E-state index >= 15 is 0 Å². The van der Waals surface area contributed by atoms with Crippen LogP contribution in [0.15, 0.2) is 22.7 Å². The van der Waals surface area contributed by atoms with Crippen LogP contribution >= 0.6 is 15.9 Å². The third-order valence-electron chi connectivity index (χ3n) is 3.60. The highest BCUT2D eigenvalue weighted by Gasteiger charge is 2.32. The van der Waals surface area contributed by atoms with Crippen LogP contribution < -0.4 is 5.32 Å². The molecule has 0 heterocycles. The summed E-state index contributed by atoms with van der Waals surface area (Å²) in [5.41, 5.74) is 0.0972. The van der Waals surface area contributed by atoms with Crippen LogP contribution in [0.3, 0.4) is 0 Å². The first-order valence-corrected chi connectivity index (χ1v) is 7.74. The number of alkyl halides is 3. The van der Waals surface area contributed by atoms with Gasteiger partial charge in [0.05, 0.1) is 5.56 Å². The van der Waals surface area contributed by atoms with Crippen molar-refractivity contribution in [2.24, 2.45) is 5.92 Å². The lowest BCUT2D eigenvalue weighted by Gasteiger charge is -2.28. The van der Waals surface area contributed by atoms with Gasteiger partial charge in [-0.05, 0) is 36.2 Å². The maximum Gasteiger partial charge on any atom is 0.416 e. The standard InChI is InChI=1S/C15H21BrF3N/c1-4-10(5-2)14(20-6-3)12-9-11(15(17,18)19)7-8-13(12)16/h7-10,14,20H,4-6H2,1-3H3. The first-order valence-electron chi connectivity index (χ1n) is 6.95. The van der Waals surface area contributed by atoms with Crippen LogP contribution in [-0.2, 0) is 6.18 Å². The van der Waals surface area contributed by atoms with E-state index in [2.05, 4.69) is 35.1 Å². The fourth-order valence-electron chi connectivity index (χ4n) is 2.47. The maximum atomic E-state index is 12.9. The average molecular weight is 352 g/mol. The monoisotopic (exact) mass is 351 g/mol. The van der Waals surface area contributed by atoms with Crippen molar-refractivity contribution in [3.05, 3.63) is 33.8 Å². The molecule has 0 saturated carbocycles. The number of nitrogens with one attached hydrogen (secondary N) is 1. The third kappa shape index (κ3) is 4.22. The van der Waals surface area contributed by atoms with E-state index in [9.17, 15) is 13.2 Å². The second-order valence-electron chi connectivity index (χ2n) is 4.85. The van der Waals surface area contributed by atoms with Crippen LogP contribution in [0.25, 0.3) is 0 Å². The molecule has 1 nitrogen and oxygen atoms in total. The van der Waals surface area contributed by atoms with Gasteiger partial charge in [-0.25, -0.2) is 0 Å². The van der Waals surface area contributed by atoms with E-state index in [-0.39, 0.29) is 6.04 Å². The smallest absolute Gasteiger partial charge is 0.310 e. The van der Waals surface area contributed by atoms with E-state index < -0.39 is 11.7 Å². The quantitative estimate of drug-likeness (QED) is 0.707. The Morgan fingerprint density at radius 3 is 2.20 bits per heavy atom. The van der Waals surface area contributed by atoms with Crippen molar-refractivity contribution in [3.63, 3.8) is 0 Å². The van der Waals surface area contributed by atoms with E-state index in [1.165, 1.54) is 12.1 Å². The fraction of sp³-hybridized carbons (Fsp3) is 0.600. The predicted octanol–water partition coefficient (Wildman–Crippen LogP) is 5.55. The Hall–Kier alpha value is -0.550. The van der Waals surface area contributed by atoms with Crippen molar-refractivity contribution < 1.29 is 13.2 Å². The lowest BCUT2D eigenvalue weighted by molar-refractivity contribution is -0.137. The molecule has 114 valence electrons. The van der Waals surface area contributed by atoms with Crippen molar-refractivity contribution in [1.82, 2.24) is 5.32 Å². The molecule has 0 spiro atoms. The zero-order valence-corrected chi connectivity index (χ0v) is 13.6. The average Bonchev–Trinajstić information content (AvgIpc) is 2.38. The predicted molar refractivity (Wildman–Crippen MR) is 79.6 cm³/mol. The van der Waals surface area contributed by atoms with Gasteiger partial charge < -0.3 is 5.32 Å². The molecule has 5 heteroatoms. The topological polar surface area (TPSA) is 12.0 Å². The molecule has 0 radical (unpaired) electrons. The van der Waals surface area contributed by atoms with E-state index in [1.54, 1.807) is 0 Å². The Bertz CT molecular complexity index is 428. The third-order valence-corrected chi connectivity index (χ3v) is 4.32. The van der Waals surface area contributed by atoms with E-state index in [1.807, 2.05) is 6.92 Å². The van der Waals surface area contributed by atoms with Gasteiger partial charge in [0.25, 0.3) is 0 Å². The molecule has 0 bridgehead atoms. The summed E-state index contributed by atoms with van der Waals surface area (Å²) < 4.78 is 39.4. The summed E-state index contributed by atoms with van der Waals surface area (Å²) in [4.78, 5) is 0. The van der Waals surface area contributed by atoms with Crippen molar-refractivity contribution >= 4 is 15.9 Å². The molecular weight excluding hydrogens is 331 g/mol. The van der Waals surface area contributed by atoms with Crippen molar-refractivity contribution in [2.75, 3.05) is 6.54 Å². The number of hydrogen-bond acceptors (Lipinski definition) is 1.